The number of rotatable bonds is 4. The van der Waals surface area contributed by atoms with Crippen molar-refractivity contribution >= 4 is 5.91 Å². The Morgan fingerprint density at radius 3 is 3.24 bits per heavy atom. The van der Waals surface area contributed by atoms with Gasteiger partial charge in [0, 0.05) is 26.1 Å². The minimum absolute atomic E-state index is 0.0599. The van der Waals surface area contributed by atoms with E-state index in [1.165, 1.54) is 0 Å². The van der Waals surface area contributed by atoms with Crippen LogP contribution in [0, 0.1) is 0 Å². The van der Waals surface area contributed by atoms with Gasteiger partial charge in [-0.1, -0.05) is 6.92 Å². The second-order valence-corrected chi connectivity index (χ2v) is 4.02. The molecule has 1 aromatic heterocycles. The van der Waals surface area contributed by atoms with Crippen LogP contribution in [0.5, 0.6) is 0 Å². The number of carbonyl (C=O) groups is 1. The molecule has 1 amide bonds. The number of furan rings is 1. The van der Waals surface area contributed by atoms with Crippen LogP contribution in [0.4, 0.5) is 0 Å². The Labute approximate surface area is 101 Å². The molecule has 2 N–H and O–H groups in total. The lowest BCUT2D eigenvalue weighted by molar-refractivity contribution is 0.0287. The summed E-state index contributed by atoms with van der Waals surface area (Å²) in [5.74, 6) is 0.634. The lowest BCUT2D eigenvalue weighted by Crippen LogP contribution is -2.45. The number of hydrogen-bond donors (Lipinski definition) is 2. The smallest absolute Gasteiger partial charge is 0.254 e. The van der Waals surface area contributed by atoms with Crippen LogP contribution in [0.3, 0.4) is 0 Å². The molecular weight excluding hydrogens is 220 g/mol. The van der Waals surface area contributed by atoms with E-state index in [9.17, 15) is 4.79 Å². The molecule has 0 bridgehead atoms. The standard InChI is InChI=1S/C12H18N2O3/c1-2-11-10(3-5-17-11)12(15)14-8-9-7-13-4-6-16-9/h3,5,9,13H,2,4,6-8H2,1H3,(H,14,15). The van der Waals surface area contributed by atoms with E-state index in [1.807, 2.05) is 6.92 Å². The van der Waals surface area contributed by atoms with Crippen molar-refractivity contribution in [1.29, 1.82) is 0 Å². The third-order valence-electron chi connectivity index (χ3n) is 2.81. The third-order valence-corrected chi connectivity index (χ3v) is 2.81. The van der Waals surface area contributed by atoms with Crippen molar-refractivity contribution in [1.82, 2.24) is 10.6 Å². The van der Waals surface area contributed by atoms with Gasteiger partial charge in [-0.15, -0.1) is 0 Å². The third kappa shape index (κ3) is 3.08. The molecule has 0 aromatic carbocycles. The van der Waals surface area contributed by atoms with E-state index in [1.54, 1.807) is 12.3 Å². The molecule has 1 saturated heterocycles. The van der Waals surface area contributed by atoms with Crippen LogP contribution in [-0.2, 0) is 11.2 Å². The minimum Gasteiger partial charge on any atom is -0.469 e. The molecule has 1 unspecified atom stereocenters. The van der Waals surface area contributed by atoms with Crippen molar-refractivity contribution in [3.8, 4) is 0 Å². The van der Waals surface area contributed by atoms with E-state index in [-0.39, 0.29) is 12.0 Å². The summed E-state index contributed by atoms with van der Waals surface area (Å²) < 4.78 is 10.7. The van der Waals surface area contributed by atoms with Crippen molar-refractivity contribution in [2.24, 2.45) is 0 Å². The van der Waals surface area contributed by atoms with E-state index < -0.39 is 0 Å². The summed E-state index contributed by atoms with van der Waals surface area (Å²) in [7, 11) is 0. The largest absolute Gasteiger partial charge is 0.469 e. The van der Waals surface area contributed by atoms with Crippen molar-refractivity contribution in [3.63, 3.8) is 0 Å². The van der Waals surface area contributed by atoms with Crippen LogP contribution in [0.2, 0.25) is 0 Å². The summed E-state index contributed by atoms with van der Waals surface area (Å²) in [5, 5.41) is 6.09. The molecule has 0 saturated carbocycles. The maximum absolute atomic E-state index is 11.9. The lowest BCUT2D eigenvalue weighted by atomic mass is 10.2. The van der Waals surface area contributed by atoms with Gasteiger partial charge in [0.25, 0.3) is 5.91 Å². The van der Waals surface area contributed by atoms with Crippen molar-refractivity contribution in [2.75, 3.05) is 26.2 Å². The molecule has 1 aliphatic heterocycles. The molecule has 1 aliphatic rings. The van der Waals surface area contributed by atoms with Crippen LogP contribution in [0.25, 0.3) is 0 Å². The van der Waals surface area contributed by atoms with Gasteiger partial charge in [-0.3, -0.25) is 4.79 Å². The Hall–Kier alpha value is -1.33. The maximum atomic E-state index is 11.9. The normalized spacial score (nSPS) is 20.2. The average molecular weight is 238 g/mol. The molecule has 0 aliphatic carbocycles. The molecule has 17 heavy (non-hydrogen) atoms. The van der Waals surface area contributed by atoms with Crippen LogP contribution in [-0.4, -0.2) is 38.3 Å². The first kappa shape index (κ1) is 12.1. The van der Waals surface area contributed by atoms with Gasteiger partial charge in [0.1, 0.15) is 5.76 Å². The summed E-state index contributed by atoms with van der Waals surface area (Å²) in [6, 6.07) is 1.70. The first-order valence-electron chi connectivity index (χ1n) is 5.98. The van der Waals surface area contributed by atoms with Gasteiger partial charge in [0.05, 0.1) is 24.5 Å². The Kier molecular flexibility index (Phi) is 4.17. The Morgan fingerprint density at radius 1 is 1.65 bits per heavy atom. The molecule has 0 radical (unpaired) electrons. The van der Waals surface area contributed by atoms with Gasteiger partial charge in [-0.05, 0) is 6.07 Å². The molecule has 0 spiro atoms. The lowest BCUT2D eigenvalue weighted by Gasteiger charge is -2.23. The first-order chi connectivity index (χ1) is 8.31. The van der Waals surface area contributed by atoms with Gasteiger partial charge in [-0.2, -0.15) is 0 Å². The quantitative estimate of drug-likeness (QED) is 0.804. The molecule has 1 atom stereocenters. The van der Waals surface area contributed by atoms with Gasteiger partial charge in [-0.25, -0.2) is 0 Å². The monoisotopic (exact) mass is 238 g/mol. The fourth-order valence-electron chi connectivity index (χ4n) is 1.87. The molecule has 94 valence electrons. The fourth-order valence-corrected chi connectivity index (χ4v) is 1.87. The number of hydrogen-bond acceptors (Lipinski definition) is 4. The summed E-state index contributed by atoms with van der Waals surface area (Å²) >= 11 is 0. The van der Waals surface area contributed by atoms with Crippen molar-refractivity contribution < 1.29 is 13.9 Å². The van der Waals surface area contributed by atoms with Gasteiger partial charge >= 0.3 is 0 Å². The molecular formula is C12H18N2O3. The summed E-state index contributed by atoms with van der Waals surface area (Å²) in [6.45, 7) is 4.86. The molecule has 2 heterocycles. The van der Waals surface area contributed by atoms with Gasteiger partial charge in [0.15, 0.2) is 0 Å². The van der Waals surface area contributed by atoms with E-state index in [0.717, 1.165) is 25.3 Å². The fraction of sp³-hybridized carbons (Fsp3) is 0.583. The summed E-state index contributed by atoms with van der Waals surface area (Å²) in [4.78, 5) is 11.9. The molecule has 2 rings (SSSR count). The Bertz CT molecular complexity index is 370. The second-order valence-electron chi connectivity index (χ2n) is 4.02. The van der Waals surface area contributed by atoms with Crippen LogP contribution >= 0.6 is 0 Å². The van der Waals surface area contributed by atoms with E-state index in [4.69, 9.17) is 9.15 Å². The SMILES string of the molecule is CCc1occc1C(=O)NCC1CNCCO1. The number of morpholine rings is 1. The van der Waals surface area contributed by atoms with Crippen molar-refractivity contribution in [2.45, 2.75) is 19.4 Å². The molecule has 5 nitrogen and oxygen atoms in total. The number of aryl methyl sites for hydroxylation is 1. The maximum Gasteiger partial charge on any atom is 0.254 e. The molecule has 1 aromatic rings. The zero-order chi connectivity index (χ0) is 12.1. The topological polar surface area (TPSA) is 63.5 Å². The van der Waals surface area contributed by atoms with E-state index >= 15 is 0 Å². The highest BCUT2D eigenvalue weighted by Crippen LogP contribution is 2.10. The van der Waals surface area contributed by atoms with Crippen LogP contribution in [0.1, 0.15) is 23.0 Å². The van der Waals surface area contributed by atoms with Crippen LogP contribution in [0.15, 0.2) is 16.7 Å². The Balaban J connectivity index is 1.84. The highest BCUT2D eigenvalue weighted by molar-refractivity contribution is 5.95. The predicted octanol–water partition coefficient (Wildman–Crippen LogP) is 0.560. The van der Waals surface area contributed by atoms with E-state index in [0.29, 0.717) is 18.7 Å². The summed E-state index contributed by atoms with van der Waals surface area (Å²) in [5.41, 5.74) is 0.622. The second kappa shape index (κ2) is 5.84. The van der Waals surface area contributed by atoms with Crippen LogP contribution < -0.4 is 10.6 Å². The minimum atomic E-state index is -0.0928. The zero-order valence-corrected chi connectivity index (χ0v) is 9.99. The van der Waals surface area contributed by atoms with E-state index in [2.05, 4.69) is 10.6 Å². The number of nitrogens with one attached hydrogen (secondary N) is 2. The highest BCUT2D eigenvalue weighted by atomic mass is 16.5. The molecule has 5 heteroatoms. The highest BCUT2D eigenvalue weighted by Gasteiger charge is 2.17. The number of amides is 1. The molecule has 1 fully saturated rings. The van der Waals surface area contributed by atoms with Crippen molar-refractivity contribution in [3.05, 3.63) is 23.7 Å². The first-order valence-corrected chi connectivity index (χ1v) is 5.98. The number of carbonyl (C=O) groups excluding carboxylic acids is 1. The summed E-state index contributed by atoms with van der Waals surface area (Å²) in [6.07, 6.45) is 2.33. The van der Waals surface area contributed by atoms with Gasteiger partial charge in [0.2, 0.25) is 0 Å². The predicted molar refractivity (Wildman–Crippen MR) is 63.0 cm³/mol. The van der Waals surface area contributed by atoms with Gasteiger partial charge < -0.3 is 19.8 Å². The number of ether oxygens (including phenoxy) is 1. The zero-order valence-electron chi connectivity index (χ0n) is 9.99. The average Bonchev–Trinajstić information content (AvgIpc) is 2.85. The Morgan fingerprint density at radius 2 is 2.53 bits per heavy atom.